The molecule has 0 spiro atoms. The fourth-order valence-electron chi connectivity index (χ4n) is 3.48. The van der Waals surface area contributed by atoms with Crippen molar-refractivity contribution in [1.82, 2.24) is 9.80 Å². The maximum atomic E-state index is 12.8. The zero-order valence-corrected chi connectivity index (χ0v) is 14.5. The molecule has 0 radical (unpaired) electrons. The van der Waals surface area contributed by atoms with Gasteiger partial charge in [-0.3, -0.25) is 9.59 Å². The van der Waals surface area contributed by atoms with Gasteiger partial charge in [-0.15, -0.1) is 0 Å². The second-order valence-electron chi connectivity index (χ2n) is 6.49. The van der Waals surface area contributed by atoms with Crippen LogP contribution in [-0.4, -0.2) is 56.0 Å². The molecule has 0 aromatic heterocycles. The molecule has 6 nitrogen and oxygen atoms in total. The normalized spacial score (nSPS) is 20.6. The number of hydrogen-bond acceptors (Lipinski definition) is 4. The highest BCUT2D eigenvalue weighted by Gasteiger charge is 2.33. The topological polar surface area (TPSA) is 59.1 Å². The second kappa shape index (κ2) is 6.71. The van der Waals surface area contributed by atoms with Crippen molar-refractivity contribution in [2.75, 3.05) is 34.4 Å². The summed E-state index contributed by atoms with van der Waals surface area (Å²) in [4.78, 5) is 28.2. The van der Waals surface area contributed by atoms with Gasteiger partial charge < -0.3 is 19.3 Å². The Balaban J connectivity index is 1.75. The summed E-state index contributed by atoms with van der Waals surface area (Å²) in [6.07, 6.45) is 1.86. The Hall–Kier alpha value is -2.24. The number of rotatable bonds is 3. The predicted molar refractivity (Wildman–Crippen MR) is 89.0 cm³/mol. The van der Waals surface area contributed by atoms with Crippen molar-refractivity contribution in [1.29, 1.82) is 0 Å². The summed E-state index contributed by atoms with van der Waals surface area (Å²) >= 11 is 0. The molecule has 0 saturated carbocycles. The van der Waals surface area contributed by atoms with Crippen LogP contribution in [0.4, 0.5) is 0 Å². The minimum Gasteiger partial charge on any atom is -0.493 e. The van der Waals surface area contributed by atoms with E-state index in [-0.39, 0.29) is 17.7 Å². The van der Waals surface area contributed by atoms with Crippen molar-refractivity contribution in [3.05, 3.63) is 23.3 Å². The van der Waals surface area contributed by atoms with E-state index in [2.05, 4.69) is 0 Å². The average Bonchev–Trinajstić information content (AvgIpc) is 2.61. The van der Waals surface area contributed by atoms with E-state index >= 15 is 0 Å². The van der Waals surface area contributed by atoms with Crippen LogP contribution in [0.15, 0.2) is 12.1 Å². The minimum absolute atomic E-state index is 0.0587. The standard InChI is InChI=1S/C18H24N2O4/c1-19-6-4-13(10-17(19)21)18(22)20-7-5-12-8-15(23-2)16(24-3)9-14(12)11-20/h8-9,13H,4-7,10-11H2,1-3H3/t13-/m0/s1. The fraction of sp³-hybridized carbons (Fsp3) is 0.556. The molecule has 1 atom stereocenters. The molecule has 2 heterocycles. The number of ether oxygens (including phenoxy) is 2. The average molecular weight is 332 g/mol. The summed E-state index contributed by atoms with van der Waals surface area (Å²) in [6.45, 7) is 1.90. The number of piperidine rings is 1. The lowest BCUT2D eigenvalue weighted by Crippen LogP contribution is -2.45. The number of hydrogen-bond donors (Lipinski definition) is 0. The summed E-state index contributed by atoms with van der Waals surface area (Å²) in [5.41, 5.74) is 2.28. The van der Waals surface area contributed by atoms with E-state index in [0.717, 1.165) is 24.2 Å². The first-order valence-corrected chi connectivity index (χ1v) is 8.30. The third-order valence-corrected chi connectivity index (χ3v) is 5.04. The van der Waals surface area contributed by atoms with Crippen LogP contribution in [0, 0.1) is 5.92 Å². The number of amides is 2. The molecule has 1 saturated heterocycles. The molecule has 0 N–H and O–H groups in total. The van der Waals surface area contributed by atoms with Gasteiger partial charge in [-0.2, -0.15) is 0 Å². The number of carbonyl (C=O) groups excluding carboxylic acids is 2. The minimum atomic E-state index is -0.185. The third kappa shape index (κ3) is 3.05. The molecule has 2 aliphatic heterocycles. The van der Waals surface area contributed by atoms with Gasteiger partial charge in [0.05, 0.1) is 14.2 Å². The number of carbonyl (C=O) groups is 2. The van der Waals surface area contributed by atoms with Gasteiger partial charge >= 0.3 is 0 Å². The van der Waals surface area contributed by atoms with Gasteiger partial charge in [-0.05, 0) is 36.1 Å². The van der Waals surface area contributed by atoms with Gasteiger partial charge in [0.15, 0.2) is 11.5 Å². The van der Waals surface area contributed by atoms with E-state index in [0.29, 0.717) is 31.8 Å². The molecule has 2 amide bonds. The molecule has 0 unspecified atom stereocenters. The summed E-state index contributed by atoms with van der Waals surface area (Å²) in [5.74, 6) is 1.37. The van der Waals surface area contributed by atoms with Crippen LogP contribution in [0.2, 0.25) is 0 Å². The molecule has 0 aliphatic carbocycles. The molecule has 0 bridgehead atoms. The van der Waals surface area contributed by atoms with Crippen LogP contribution >= 0.6 is 0 Å². The Bertz CT molecular complexity index is 659. The highest BCUT2D eigenvalue weighted by Crippen LogP contribution is 2.34. The first kappa shape index (κ1) is 16.6. The maximum Gasteiger partial charge on any atom is 0.226 e. The third-order valence-electron chi connectivity index (χ3n) is 5.04. The number of methoxy groups -OCH3 is 2. The molecule has 1 aromatic carbocycles. The molecule has 6 heteroatoms. The Morgan fingerprint density at radius 3 is 2.42 bits per heavy atom. The van der Waals surface area contributed by atoms with Gasteiger partial charge in [0.2, 0.25) is 11.8 Å². The van der Waals surface area contributed by atoms with Crippen LogP contribution in [0.25, 0.3) is 0 Å². The summed E-state index contributed by atoms with van der Waals surface area (Å²) < 4.78 is 10.7. The van der Waals surface area contributed by atoms with Crippen molar-refractivity contribution >= 4 is 11.8 Å². The first-order valence-electron chi connectivity index (χ1n) is 8.30. The maximum absolute atomic E-state index is 12.8. The van der Waals surface area contributed by atoms with E-state index in [4.69, 9.17) is 9.47 Å². The summed E-state index contributed by atoms with van der Waals surface area (Å²) in [6, 6.07) is 3.95. The van der Waals surface area contributed by atoms with E-state index in [1.165, 1.54) is 5.56 Å². The summed E-state index contributed by atoms with van der Waals surface area (Å²) in [7, 11) is 5.03. The monoisotopic (exact) mass is 332 g/mol. The highest BCUT2D eigenvalue weighted by molar-refractivity contribution is 5.87. The van der Waals surface area contributed by atoms with Crippen LogP contribution in [-0.2, 0) is 22.6 Å². The molecule has 130 valence electrons. The van der Waals surface area contributed by atoms with Crippen molar-refractivity contribution in [3.8, 4) is 11.5 Å². The second-order valence-corrected chi connectivity index (χ2v) is 6.49. The van der Waals surface area contributed by atoms with Crippen LogP contribution in [0.1, 0.15) is 24.0 Å². The molecule has 2 aliphatic rings. The van der Waals surface area contributed by atoms with Gasteiger partial charge in [-0.25, -0.2) is 0 Å². The van der Waals surface area contributed by atoms with E-state index in [1.807, 2.05) is 17.0 Å². The molecule has 24 heavy (non-hydrogen) atoms. The SMILES string of the molecule is COc1cc2c(cc1OC)CN(C(=O)[C@H]1CCN(C)C(=O)C1)CC2. The highest BCUT2D eigenvalue weighted by atomic mass is 16.5. The Morgan fingerprint density at radius 2 is 1.79 bits per heavy atom. The molecular weight excluding hydrogens is 308 g/mol. The lowest BCUT2D eigenvalue weighted by atomic mass is 9.92. The Kier molecular flexibility index (Phi) is 4.64. The lowest BCUT2D eigenvalue weighted by molar-refractivity contribution is -0.145. The zero-order valence-electron chi connectivity index (χ0n) is 14.5. The number of fused-ring (bicyclic) bond motifs is 1. The number of benzene rings is 1. The molecule has 1 fully saturated rings. The number of nitrogens with zero attached hydrogens (tertiary/aromatic N) is 2. The number of likely N-dealkylation sites (tertiary alicyclic amines) is 1. The van der Waals surface area contributed by atoms with Gasteiger partial charge in [0.1, 0.15) is 0 Å². The van der Waals surface area contributed by atoms with Crippen molar-refractivity contribution in [2.24, 2.45) is 5.92 Å². The van der Waals surface area contributed by atoms with Crippen molar-refractivity contribution < 1.29 is 19.1 Å². The molecule has 1 aromatic rings. The van der Waals surface area contributed by atoms with Crippen LogP contribution < -0.4 is 9.47 Å². The fourth-order valence-corrected chi connectivity index (χ4v) is 3.48. The summed E-state index contributed by atoms with van der Waals surface area (Å²) in [5, 5.41) is 0. The molecular formula is C18H24N2O4. The van der Waals surface area contributed by atoms with E-state index in [9.17, 15) is 9.59 Å². The first-order chi connectivity index (χ1) is 11.5. The largest absolute Gasteiger partial charge is 0.493 e. The van der Waals surface area contributed by atoms with Gasteiger partial charge in [-0.1, -0.05) is 0 Å². The van der Waals surface area contributed by atoms with E-state index < -0.39 is 0 Å². The van der Waals surface area contributed by atoms with Crippen LogP contribution in [0.3, 0.4) is 0 Å². The van der Waals surface area contributed by atoms with E-state index in [1.54, 1.807) is 26.2 Å². The lowest BCUT2D eigenvalue weighted by Gasteiger charge is -2.35. The van der Waals surface area contributed by atoms with Gasteiger partial charge in [0.25, 0.3) is 0 Å². The molecule has 3 rings (SSSR count). The quantitative estimate of drug-likeness (QED) is 0.841. The van der Waals surface area contributed by atoms with Crippen molar-refractivity contribution in [3.63, 3.8) is 0 Å². The van der Waals surface area contributed by atoms with Crippen LogP contribution in [0.5, 0.6) is 11.5 Å². The van der Waals surface area contributed by atoms with Crippen molar-refractivity contribution in [2.45, 2.75) is 25.8 Å². The zero-order chi connectivity index (χ0) is 17.3. The smallest absolute Gasteiger partial charge is 0.226 e. The Labute approximate surface area is 142 Å². The Morgan fingerprint density at radius 1 is 1.12 bits per heavy atom. The van der Waals surface area contributed by atoms with Gasteiger partial charge in [0, 0.05) is 39.0 Å². The predicted octanol–water partition coefficient (Wildman–Crippen LogP) is 1.46.